The van der Waals surface area contributed by atoms with Crippen LogP contribution in [0.3, 0.4) is 0 Å². The van der Waals surface area contributed by atoms with Crippen molar-refractivity contribution in [3.05, 3.63) is 143 Å². The van der Waals surface area contributed by atoms with Crippen molar-refractivity contribution in [2.75, 3.05) is 44.8 Å². The summed E-state index contributed by atoms with van der Waals surface area (Å²) in [6.45, 7) is 8.22. The van der Waals surface area contributed by atoms with Crippen LogP contribution in [0.15, 0.2) is 109 Å². The predicted octanol–water partition coefficient (Wildman–Crippen LogP) is 8.77. The van der Waals surface area contributed by atoms with Crippen molar-refractivity contribution in [1.29, 1.82) is 0 Å². The maximum atomic E-state index is 14.6. The molecule has 6 rings (SSSR count). The highest BCUT2D eigenvalue weighted by Crippen LogP contribution is 2.37. The van der Waals surface area contributed by atoms with Gasteiger partial charge in [-0.3, -0.25) is 4.79 Å². The number of hydrogen-bond acceptors (Lipinski definition) is 4. The minimum absolute atomic E-state index is 0.0160. The Morgan fingerprint density at radius 2 is 1.61 bits per heavy atom. The van der Waals surface area contributed by atoms with Crippen LogP contribution in [0, 0.1) is 11.6 Å². The second-order valence-electron chi connectivity index (χ2n) is 12.8. The molecule has 1 fully saturated rings. The largest absolute Gasteiger partial charge is 0.383 e. The first kappa shape index (κ1) is 34.6. The highest BCUT2D eigenvalue weighted by atomic mass is 35.5. The molecule has 4 aromatic rings. The molecule has 49 heavy (non-hydrogen) atoms. The molecule has 1 saturated heterocycles. The second-order valence-corrected chi connectivity index (χ2v) is 13.2. The normalized spacial score (nSPS) is 15.2. The van der Waals surface area contributed by atoms with E-state index < -0.39 is 11.6 Å². The maximum absolute atomic E-state index is 14.6. The number of piperidine rings is 1. The molecule has 0 atom stereocenters. The topological polar surface area (TPSA) is 36.0 Å². The van der Waals surface area contributed by atoms with Crippen LogP contribution in [0.25, 0.3) is 16.7 Å². The lowest BCUT2D eigenvalue weighted by molar-refractivity contribution is -0.133. The van der Waals surface area contributed by atoms with E-state index in [4.69, 9.17) is 16.3 Å². The van der Waals surface area contributed by atoms with Crippen molar-refractivity contribution in [1.82, 2.24) is 9.80 Å². The van der Waals surface area contributed by atoms with Gasteiger partial charge in [0.2, 0.25) is 5.91 Å². The molecule has 0 radical (unpaired) electrons. The molecule has 0 saturated carbocycles. The van der Waals surface area contributed by atoms with Gasteiger partial charge in [-0.1, -0.05) is 84.9 Å². The zero-order valence-electron chi connectivity index (χ0n) is 27.9. The summed E-state index contributed by atoms with van der Waals surface area (Å²) in [5.74, 6) is -1.67. The molecule has 0 N–H and O–H groups in total. The predicted molar refractivity (Wildman–Crippen MR) is 194 cm³/mol. The van der Waals surface area contributed by atoms with Crippen molar-refractivity contribution in [2.45, 2.75) is 38.3 Å². The van der Waals surface area contributed by atoms with Crippen molar-refractivity contribution >= 4 is 28.8 Å². The molecule has 0 spiro atoms. The van der Waals surface area contributed by atoms with E-state index in [1.54, 1.807) is 13.2 Å². The molecule has 254 valence electrons. The van der Waals surface area contributed by atoms with Gasteiger partial charge in [0.1, 0.15) is 6.54 Å². The molecule has 0 bridgehead atoms. The number of amides is 1. The monoisotopic (exact) mass is 681 g/mol. The first-order valence-corrected chi connectivity index (χ1v) is 17.2. The molecule has 2 aliphatic heterocycles. The van der Waals surface area contributed by atoms with E-state index in [0.29, 0.717) is 36.6 Å². The molecule has 0 aromatic heterocycles. The number of fused-ring (bicyclic) bond motifs is 1. The van der Waals surface area contributed by atoms with Gasteiger partial charge in [0.15, 0.2) is 11.6 Å². The average molecular weight is 682 g/mol. The molecular weight excluding hydrogens is 640 g/mol. The number of nitrogens with zero attached hydrogens (tertiary/aromatic N) is 3. The molecule has 0 aliphatic carbocycles. The Morgan fingerprint density at radius 1 is 0.918 bits per heavy atom. The molecule has 8 heteroatoms. The van der Waals surface area contributed by atoms with Gasteiger partial charge in [0, 0.05) is 61.3 Å². The number of aryl methyl sites for hydroxylation is 1. The van der Waals surface area contributed by atoms with E-state index in [0.717, 1.165) is 77.8 Å². The molecule has 2 aliphatic rings. The van der Waals surface area contributed by atoms with Crippen molar-refractivity contribution in [3.63, 3.8) is 0 Å². The lowest BCUT2D eigenvalue weighted by Gasteiger charge is -2.40. The summed E-state index contributed by atoms with van der Waals surface area (Å²) >= 11 is 6.10. The lowest BCUT2D eigenvalue weighted by Crippen LogP contribution is -2.50. The molecule has 2 heterocycles. The SMILES string of the molecule is C=C1C=C(CCc2cccc(F)c2F)N(CC(=O)N(Cc2ccc(-c3ccc(Cl)cc3)cc2)C2CCN(CCOC)CC2)c2ccccc21. The van der Waals surface area contributed by atoms with Gasteiger partial charge in [-0.25, -0.2) is 8.78 Å². The van der Waals surface area contributed by atoms with Crippen LogP contribution in [0.4, 0.5) is 14.5 Å². The van der Waals surface area contributed by atoms with Gasteiger partial charge in [-0.15, -0.1) is 0 Å². The quantitative estimate of drug-likeness (QED) is 0.150. The second kappa shape index (κ2) is 15.9. The Morgan fingerprint density at radius 3 is 2.33 bits per heavy atom. The first-order chi connectivity index (χ1) is 23.8. The maximum Gasteiger partial charge on any atom is 0.243 e. The van der Waals surface area contributed by atoms with Crippen LogP contribution in [0.1, 0.15) is 36.0 Å². The summed E-state index contributed by atoms with van der Waals surface area (Å²) in [5, 5.41) is 0.697. The number of ether oxygens (including phenoxy) is 1. The number of anilines is 1. The van der Waals surface area contributed by atoms with Gasteiger partial charge in [0.05, 0.1) is 6.61 Å². The third-order valence-electron chi connectivity index (χ3n) is 9.62. The highest BCUT2D eigenvalue weighted by molar-refractivity contribution is 6.30. The Bertz CT molecular complexity index is 1800. The van der Waals surface area contributed by atoms with Crippen molar-refractivity contribution in [2.24, 2.45) is 0 Å². The van der Waals surface area contributed by atoms with E-state index in [1.165, 1.54) is 6.07 Å². The zero-order chi connectivity index (χ0) is 34.3. The first-order valence-electron chi connectivity index (χ1n) is 16.9. The van der Waals surface area contributed by atoms with Gasteiger partial charge < -0.3 is 19.4 Å². The summed E-state index contributed by atoms with van der Waals surface area (Å²) in [7, 11) is 1.72. The number of carbonyl (C=O) groups is 1. The fraction of sp³-hybridized carbons (Fsp3) is 0.293. The number of rotatable bonds is 12. The number of methoxy groups -OCH3 is 1. The minimum Gasteiger partial charge on any atom is -0.383 e. The number of para-hydroxylation sites is 1. The fourth-order valence-corrected chi connectivity index (χ4v) is 6.98. The van der Waals surface area contributed by atoms with E-state index in [2.05, 4.69) is 35.7 Å². The highest BCUT2D eigenvalue weighted by Gasteiger charge is 2.31. The summed E-state index contributed by atoms with van der Waals surface area (Å²) in [6.07, 6.45) is 4.42. The number of carbonyl (C=O) groups excluding carboxylic acids is 1. The van der Waals surface area contributed by atoms with Gasteiger partial charge in [-0.2, -0.15) is 0 Å². The zero-order valence-corrected chi connectivity index (χ0v) is 28.6. The number of halogens is 3. The van der Waals surface area contributed by atoms with Crippen LogP contribution in [0.2, 0.25) is 5.02 Å². The Hall–Kier alpha value is -4.30. The molecule has 1 amide bonds. The summed E-state index contributed by atoms with van der Waals surface area (Å²) in [6, 6.07) is 28.4. The van der Waals surface area contributed by atoms with Gasteiger partial charge >= 0.3 is 0 Å². The van der Waals surface area contributed by atoms with Gasteiger partial charge in [0.25, 0.3) is 0 Å². The van der Waals surface area contributed by atoms with E-state index in [-0.39, 0.29) is 18.5 Å². The number of likely N-dealkylation sites (tertiary alicyclic amines) is 1. The van der Waals surface area contributed by atoms with E-state index in [1.807, 2.05) is 64.4 Å². The molecule has 5 nitrogen and oxygen atoms in total. The third-order valence-corrected chi connectivity index (χ3v) is 9.87. The van der Waals surface area contributed by atoms with Gasteiger partial charge in [-0.05, 0) is 83.9 Å². The van der Waals surface area contributed by atoms with Crippen LogP contribution >= 0.6 is 11.6 Å². The van der Waals surface area contributed by atoms with E-state index in [9.17, 15) is 13.6 Å². The number of benzene rings is 4. The summed E-state index contributed by atoms with van der Waals surface area (Å²) in [4.78, 5) is 21.0. The molecule has 4 aromatic carbocycles. The van der Waals surface area contributed by atoms with Crippen LogP contribution < -0.4 is 4.90 Å². The number of hydrogen-bond donors (Lipinski definition) is 0. The lowest BCUT2D eigenvalue weighted by atomic mass is 9.95. The Kier molecular flexibility index (Phi) is 11.2. The Balaban J connectivity index is 1.25. The number of allylic oxidation sites excluding steroid dienone is 3. The molecule has 0 unspecified atom stereocenters. The smallest absolute Gasteiger partial charge is 0.243 e. The molecular formula is C41H42ClF2N3O2. The Labute approximate surface area is 293 Å². The minimum atomic E-state index is -0.859. The van der Waals surface area contributed by atoms with Crippen LogP contribution in [-0.4, -0.2) is 61.6 Å². The standard InChI is InChI=1S/C41H42ClF2N3O2/c1-29-26-36(19-16-33-6-5-8-38(43)41(33)44)46(39-9-4-3-7-37(29)39)28-40(48)47(35-20-22-45(23-21-35)24-25-49-2)27-30-10-12-31(13-11-30)32-14-17-34(42)18-15-32/h3-15,17-18,26,35H,1,16,19-25,27-28H2,2H3. The van der Waals surface area contributed by atoms with E-state index >= 15 is 0 Å². The third kappa shape index (κ3) is 8.30. The average Bonchev–Trinajstić information content (AvgIpc) is 3.12. The summed E-state index contributed by atoms with van der Waals surface area (Å²) in [5.41, 5.74) is 7.04. The van der Waals surface area contributed by atoms with Crippen LogP contribution in [0.5, 0.6) is 0 Å². The van der Waals surface area contributed by atoms with Crippen molar-refractivity contribution < 1.29 is 18.3 Å². The van der Waals surface area contributed by atoms with Crippen LogP contribution in [-0.2, 0) is 22.5 Å². The fourth-order valence-electron chi connectivity index (χ4n) is 6.85. The van der Waals surface area contributed by atoms with Crippen molar-refractivity contribution in [3.8, 4) is 11.1 Å². The summed E-state index contributed by atoms with van der Waals surface area (Å²) < 4.78 is 34.0.